The Hall–Kier alpha value is -3.95. The zero-order valence-corrected chi connectivity index (χ0v) is 18.5. The molecule has 0 radical (unpaired) electrons. The summed E-state index contributed by atoms with van der Waals surface area (Å²) in [4.78, 5) is 30.5. The first-order valence-corrected chi connectivity index (χ1v) is 11.1. The van der Waals surface area contributed by atoms with Gasteiger partial charge in [0.25, 0.3) is 5.62 Å². The molecule has 10 heteroatoms. The van der Waals surface area contributed by atoms with Gasteiger partial charge in [0.2, 0.25) is 11.8 Å². The number of nitrogens with zero attached hydrogens (tertiary/aromatic N) is 5. The average molecular weight is 447 g/mol. The van der Waals surface area contributed by atoms with Crippen LogP contribution in [0, 0.1) is 5.92 Å². The molecule has 3 heterocycles. The van der Waals surface area contributed by atoms with E-state index >= 15 is 0 Å². The van der Waals surface area contributed by atoms with Crippen molar-refractivity contribution in [1.29, 1.82) is 0 Å². The predicted octanol–water partition coefficient (Wildman–Crippen LogP) is 1.66. The molecule has 1 aromatic carbocycles. The minimum Gasteiger partial charge on any atom is -0.493 e. The molecule has 5 rings (SSSR count). The number of anilines is 1. The maximum atomic E-state index is 11.5. The number of nitrogens with one attached hydrogen (secondary N) is 3. The summed E-state index contributed by atoms with van der Waals surface area (Å²) in [6, 6.07) is 10.5. The minimum absolute atomic E-state index is 0.0304. The number of hydrogen-bond acceptors (Lipinski definition) is 7. The monoisotopic (exact) mass is 446 g/mol. The number of rotatable bonds is 7. The Morgan fingerprint density at radius 1 is 1.24 bits per heavy atom. The maximum Gasteiger partial charge on any atom is 0.326 e. The average Bonchev–Trinajstić information content (AvgIpc) is 3.42. The van der Waals surface area contributed by atoms with E-state index < -0.39 is 5.69 Å². The molecular weight excluding hydrogens is 420 g/mol. The van der Waals surface area contributed by atoms with Crippen molar-refractivity contribution in [2.75, 3.05) is 5.32 Å². The highest BCUT2D eigenvalue weighted by Gasteiger charge is 2.21. The van der Waals surface area contributed by atoms with Crippen molar-refractivity contribution >= 4 is 17.7 Å². The highest BCUT2D eigenvalue weighted by atomic mass is 16.3. The van der Waals surface area contributed by atoms with Crippen molar-refractivity contribution in [3.63, 3.8) is 0 Å². The van der Waals surface area contributed by atoms with Crippen LogP contribution in [0.1, 0.15) is 50.4 Å². The number of imidazole rings is 1. The van der Waals surface area contributed by atoms with Crippen LogP contribution < -0.4 is 21.8 Å². The summed E-state index contributed by atoms with van der Waals surface area (Å²) in [5, 5.41) is 18.5. The topological polar surface area (TPSA) is 136 Å². The summed E-state index contributed by atoms with van der Waals surface area (Å²) in [5.74, 6) is 0.684. The van der Waals surface area contributed by atoms with Gasteiger partial charge in [0.15, 0.2) is 5.65 Å². The lowest BCUT2D eigenvalue weighted by atomic mass is 9.97. The van der Waals surface area contributed by atoms with Gasteiger partial charge in [-0.2, -0.15) is 19.6 Å². The third-order valence-electron chi connectivity index (χ3n) is 5.47. The molecule has 0 saturated heterocycles. The van der Waals surface area contributed by atoms with Crippen LogP contribution in [-0.4, -0.2) is 40.7 Å². The first-order valence-electron chi connectivity index (χ1n) is 11.1. The Balaban J connectivity index is 1.63. The third kappa shape index (κ3) is 4.64. The van der Waals surface area contributed by atoms with Crippen LogP contribution in [0.5, 0.6) is 5.88 Å². The zero-order chi connectivity index (χ0) is 22.9. The second-order valence-electron chi connectivity index (χ2n) is 8.77. The second kappa shape index (κ2) is 8.53. The summed E-state index contributed by atoms with van der Waals surface area (Å²) in [6.45, 7) is 4.37. The number of fused-ring (bicyclic) bond motifs is 1. The Morgan fingerprint density at radius 2 is 2.03 bits per heavy atom. The molecule has 1 fully saturated rings. The highest BCUT2D eigenvalue weighted by Crippen LogP contribution is 2.25. The lowest BCUT2D eigenvalue weighted by molar-refractivity contribution is 0.454. The number of hydrogen-bond donors (Lipinski definition) is 4. The van der Waals surface area contributed by atoms with Crippen molar-refractivity contribution in [3.8, 4) is 5.88 Å². The molecule has 1 saturated carbocycles. The predicted molar refractivity (Wildman–Crippen MR) is 123 cm³/mol. The molecular formula is C23H26N8O2. The Bertz CT molecular complexity index is 1450. The minimum atomic E-state index is -0.490. The fourth-order valence-electron chi connectivity index (χ4n) is 3.74. The molecule has 170 valence electrons. The molecule has 1 aliphatic rings. The fourth-order valence-corrected chi connectivity index (χ4v) is 3.74. The van der Waals surface area contributed by atoms with E-state index in [1.165, 1.54) is 0 Å². The number of aromatic hydroxyl groups is 1. The van der Waals surface area contributed by atoms with E-state index in [0.29, 0.717) is 28.4 Å². The molecule has 4 N–H and O–H groups in total. The smallest absolute Gasteiger partial charge is 0.326 e. The third-order valence-corrected chi connectivity index (χ3v) is 5.47. The van der Waals surface area contributed by atoms with Crippen molar-refractivity contribution in [1.82, 2.24) is 29.5 Å². The van der Waals surface area contributed by atoms with E-state index in [0.717, 1.165) is 24.8 Å². The van der Waals surface area contributed by atoms with Gasteiger partial charge < -0.3 is 15.4 Å². The molecule has 1 aliphatic carbocycles. The number of aromatic amines is 2. The summed E-state index contributed by atoms with van der Waals surface area (Å²) in [6.07, 6.45) is 6.22. The van der Waals surface area contributed by atoms with Crippen molar-refractivity contribution in [3.05, 3.63) is 69.1 Å². The number of aromatic nitrogens is 6. The lowest BCUT2D eigenvalue weighted by Crippen LogP contribution is -2.26. The van der Waals surface area contributed by atoms with Gasteiger partial charge in [0, 0.05) is 5.22 Å². The molecule has 33 heavy (non-hydrogen) atoms. The van der Waals surface area contributed by atoms with Crippen LogP contribution >= 0.6 is 0 Å². The zero-order valence-electron chi connectivity index (χ0n) is 18.5. The maximum absolute atomic E-state index is 11.5. The van der Waals surface area contributed by atoms with Gasteiger partial charge >= 0.3 is 5.69 Å². The standard InChI is InChI=1S/C23H26N8O2/c1-13(2)10-17(14-6-4-3-5-7-14)26-21-28-19-15(11-18-20(32)29-23(33)27-18)12-24-31(19)22(30-21)25-16-8-9-16/h3-7,11-13,16-17,32H,8-10H2,1-2H3,(H,25,26,30)(H2,27,29,33)/b15-11+. The van der Waals surface area contributed by atoms with Crippen LogP contribution in [0.3, 0.4) is 0 Å². The fraction of sp³-hybridized carbons (Fsp3) is 0.348. The molecule has 1 unspecified atom stereocenters. The number of benzene rings is 1. The molecule has 0 spiro atoms. The summed E-state index contributed by atoms with van der Waals surface area (Å²) < 4.78 is 1.59. The van der Waals surface area contributed by atoms with E-state index in [4.69, 9.17) is 9.98 Å². The summed E-state index contributed by atoms with van der Waals surface area (Å²) in [5.41, 5.74) is 1.93. The second-order valence-corrected chi connectivity index (χ2v) is 8.77. The summed E-state index contributed by atoms with van der Waals surface area (Å²) in [7, 11) is 0. The van der Waals surface area contributed by atoms with E-state index in [2.05, 4.69) is 51.3 Å². The molecule has 0 amide bonds. The van der Waals surface area contributed by atoms with E-state index in [1.54, 1.807) is 16.8 Å². The molecule has 3 aromatic heterocycles. The quantitative estimate of drug-likeness (QED) is 0.341. The van der Waals surface area contributed by atoms with Crippen molar-refractivity contribution < 1.29 is 5.11 Å². The van der Waals surface area contributed by atoms with Gasteiger partial charge in [-0.15, -0.1) is 0 Å². The first kappa shape index (κ1) is 20.9. The number of H-pyrrole nitrogens is 2. The van der Waals surface area contributed by atoms with E-state index in [1.807, 2.05) is 18.2 Å². The van der Waals surface area contributed by atoms with Gasteiger partial charge in [-0.3, -0.25) is 4.98 Å². The SMILES string of the molecule is CC(C)CC(Nc1nc(=NC2CC2)n2nc/c(=C\c3[nH]c(=O)[nH]c3O)c2n1)c1ccccc1. The van der Waals surface area contributed by atoms with Gasteiger partial charge in [0.1, 0.15) is 5.69 Å². The van der Waals surface area contributed by atoms with Crippen molar-refractivity contribution in [2.45, 2.75) is 45.2 Å². The van der Waals surface area contributed by atoms with Gasteiger partial charge in [0.05, 0.1) is 18.3 Å². The Kier molecular flexibility index (Phi) is 5.41. The van der Waals surface area contributed by atoms with Gasteiger partial charge in [-0.05, 0) is 36.8 Å². The van der Waals surface area contributed by atoms with Crippen LogP contribution in [0.25, 0.3) is 11.7 Å². The van der Waals surface area contributed by atoms with Crippen LogP contribution in [-0.2, 0) is 0 Å². The molecule has 0 aliphatic heterocycles. The van der Waals surface area contributed by atoms with Gasteiger partial charge in [-0.1, -0.05) is 44.2 Å². The van der Waals surface area contributed by atoms with Crippen LogP contribution in [0.4, 0.5) is 5.95 Å². The van der Waals surface area contributed by atoms with Gasteiger partial charge in [-0.25, -0.2) is 9.79 Å². The van der Waals surface area contributed by atoms with Crippen molar-refractivity contribution in [2.24, 2.45) is 10.9 Å². The van der Waals surface area contributed by atoms with E-state index in [9.17, 15) is 9.90 Å². The summed E-state index contributed by atoms with van der Waals surface area (Å²) >= 11 is 0. The molecule has 0 bridgehead atoms. The Morgan fingerprint density at radius 3 is 2.70 bits per heavy atom. The van der Waals surface area contributed by atoms with E-state index in [-0.39, 0.29) is 23.7 Å². The molecule has 1 atom stereocenters. The molecule has 10 nitrogen and oxygen atoms in total. The first-order chi connectivity index (χ1) is 16.0. The largest absolute Gasteiger partial charge is 0.493 e. The lowest BCUT2D eigenvalue weighted by Gasteiger charge is -2.21. The highest BCUT2D eigenvalue weighted by molar-refractivity contribution is 5.57. The molecule has 4 aromatic rings. The van der Waals surface area contributed by atoms with Crippen LogP contribution in [0.15, 0.2) is 46.3 Å². The van der Waals surface area contributed by atoms with Crippen LogP contribution in [0.2, 0.25) is 0 Å². The normalized spacial score (nSPS) is 16.1. The Labute approximate surface area is 189 Å².